The zero-order valence-electron chi connectivity index (χ0n) is 10.5. The maximum Gasteiger partial charge on any atom is 0.0280 e. The summed E-state index contributed by atoms with van der Waals surface area (Å²) in [6, 6.07) is 0.579. The van der Waals surface area contributed by atoms with Crippen molar-refractivity contribution in [2.45, 2.75) is 44.6 Å². The highest BCUT2D eigenvalue weighted by Crippen LogP contribution is 2.22. The normalized spacial score (nSPS) is 23.1. The topological polar surface area (TPSA) is 47.9 Å². The average molecular weight is 233 g/mol. The van der Waals surface area contributed by atoms with E-state index in [1.807, 2.05) is 0 Å². The molecular formula is C14H23N3. The molecule has 1 aliphatic heterocycles. The van der Waals surface area contributed by atoms with Crippen LogP contribution in [0, 0.1) is 5.41 Å². The van der Waals surface area contributed by atoms with Crippen LogP contribution in [0.1, 0.15) is 38.5 Å². The lowest BCUT2D eigenvalue weighted by atomic mass is 9.94. The maximum atomic E-state index is 7.53. The van der Waals surface area contributed by atoms with Crippen molar-refractivity contribution in [1.29, 1.82) is 5.41 Å². The van der Waals surface area contributed by atoms with Gasteiger partial charge in [-0.3, -0.25) is 0 Å². The van der Waals surface area contributed by atoms with Crippen LogP contribution in [-0.2, 0) is 0 Å². The molecule has 3 nitrogen and oxygen atoms in total. The molecule has 0 radical (unpaired) electrons. The molecule has 3 heteroatoms. The lowest BCUT2D eigenvalue weighted by Crippen LogP contribution is -2.37. The number of nitrogens with one attached hydrogen (secondary N) is 3. The van der Waals surface area contributed by atoms with Crippen LogP contribution >= 0.6 is 0 Å². The van der Waals surface area contributed by atoms with Gasteiger partial charge in [0, 0.05) is 24.0 Å². The van der Waals surface area contributed by atoms with Crippen molar-refractivity contribution in [2.24, 2.45) is 0 Å². The highest BCUT2D eigenvalue weighted by atomic mass is 15.0. The monoisotopic (exact) mass is 233 g/mol. The second kappa shape index (κ2) is 6.60. The Hall–Kier alpha value is -1.09. The van der Waals surface area contributed by atoms with E-state index in [0.717, 1.165) is 25.1 Å². The molecule has 94 valence electrons. The molecule has 0 unspecified atom stereocenters. The van der Waals surface area contributed by atoms with Gasteiger partial charge in [0.25, 0.3) is 0 Å². The highest BCUT2D eigenvalue weighted by molar-refractivity contribution is 5.82. The first kappa shape index (κ1) is 12.4. The molecule has 1 heterocycles. The van der Waals surface area contributed by atoms with E-state index in [1.165, 1.54) is 43.9 Å². The van der Waals surface area contributed by atoms with Crippen LogP contribution in [0.2, 0.25) is 0 Å². The summed E-state index contributed by atoms with van der Waals surface area (Å²) in [5.74, 6) is 0. The van der Waals surface area contributed by atoms with E-state index in [2.05, 4.69) is 22.9 Å². The van der Waals surface area contributed by atoms with Crippen molar-refractivity contribution in [1.82, 2.24) is 10.6 Å². The Morgan fingerprint density at radius 2 is 2.18 bits per heavy atom. The van der Waals surface area contributed by atoms with E-state index in [9.17, 15) is 0 Å². The van der Waals surface area contributed by atoms with Crippen molar-refractivity contribution in [3.05, 3.63) is 23.4 Å². The molecule has 0 bridgehead atoms. The third-order valence-corrected chi connectivity index (χ3v) is 3.63. The molecule has 0 saturated carbocycles. The zero-order valence-corrected chi connectivity index (χ0v) is 10.5. The first-order valence-corrected chi connectivity index (χ1v) is 6.77. The number of hydrogen-bond donors (Lipinski definition) is 3. The highest BCUT2D eigenvalue weighted by Gasteiger charge is 2.12. The molecular weight excluding hydrogens is 210 g/mol. The van der Waals surface area contributed by atoms with E-state index in [-0.39, 0.29) is 0 Å². The molecule has 0 aromatic carbocycles. The summed E-state index contributed by atoms with van der Waals surface area (Å²) in [4.78, 5) is 0. The van der Waals surface area contributed by atoms with Gasteiger partial charge in [-0.2, -0.15) is 0 Å². The van der Waals surface area contributed by atoms with Crippen LogP contribution in [0.3, 0.4) is 0 Å². The first-order chi connectivity index (χ1) is 8.40. The van der Waals surface area contributed by atoms with Gasteiger partial charge in [0.15, 0.2) is 0 Å². The molecule has 3 N–H and O–H groups in total. The smallest absolute Gasteiger partial charge is 0.0280 e. The predicted molar refractivity (Wildman–Crippen MR) is 72.4 cm³/mol. The van der Waals surface area contributed by atoms with Crippen LogP contribution in [0.5, 0.6) is 0 Å². The van der Waals surface area contributed by atoms with E-state index in [1.54, 1.807) is 0 Å². The largest absolute Gasteiger partial charge is 0.388 e. The Bertz CT molecular complexity index is 311. The second-order valence-electron chi connectivity index (χ2n) is 4.91. The first-order valence-electron chi connectivity index (χ1n) is 6.77. The fourth-order valence-electron chi connectivity index (χ4n) is 2.52. The van der Waals surface area contributed by atoms with Gasteiger partial charge in [-0.15, -0.1) is 0 Å². The molecule has 2 aliphatic rings. The Kier molecular flexibility index (Phi) is 4.80. The molecule has 0 aromatic rings. The van der Waals surface area contributed by atoms with Crippen LogP contribution in [0.4, 0.5) is 0 Å². The van der Waals surface area contributed by atoms with Crippen LogP contribution < -0.4 is 10.6 Å². The third kappa shape index (κ3) is 3.70. The number of allylic oxidation sites excluding steroid dienone is 3. The predicted octanol–water partition coefficient (Wildman–Crippen LogP) is 2.36. The molecule has 0 atom stereocenters. The fraction of sp³-hybridized carbons (Fsp3) is 0.643. The molecule has 1 fully saturated rings. The maximum absolute atomic E-state index is 7.53. The standard InChI is InChI=1S/C14H23N3/c15-10-13(12-4-2-1-3-5-12)11-17-14-6-8-16-9-7-14/h4,10-11,14-17H,1-3,5-9H2/b13-11+,15-10?. The minimum Gasteiger partial charge on any atom is -0.388 e. The summed E-state index contributed by atoms with van der Waals surface area (Å²) < 4.78 is 0. The minimum absolute atomic E-state index is 0.579. The number of piperidine rings is 1. The number of hydrogen-bond acceptors (Lipinski definition) is 3. The third-order valence-electron chi connectivity index (χ3n) is 3.63. The van der Waals surface area contributed by atoms with Crippen LogP contribution in [-0.4, -0.2) is 25.3 Å². The van der Waals surface area contributed by atoms with Crippen molar-refractivity contribution in [2.75, 3.05) is 13.1 Å². The Morgan fingerprint density at radius 3 is 2.82 bits per heavy atom. The Labute approximate surface area is 104 Å². The molecule has 0 spiro atoms. The van der Waals surface area contributed by atoms with E-state index >= 15 is 0 Å². The lowest BCUT2D eigenvalue weighted by molar-refractivity contribution is 0.419. The minimum atomic E-state index is 0.579. The molecule has 1 aliphatic carbocycles. The number of rotatable bonds is 4. The summed E-state index contributed by atoms with van der Waals surface area (Å²) in [5, 5.41) is 14.4. The van der Waals surface area contributed by atoms with Gasteiger partial charge in [0.2, 0.25) is 0 Å². The van der Waals surface area contributed by atoms with E-state index in [4.69, 9.17) is 5.41 Å². The van der Waals surface area contributed by atoms with Crippen molar-refractivity contribution >= 4 is 6.21 Å². The van der Waals surface area contributed by atoms with Gasteiger partial charge in [-0.1, -0.05) is 6.08 Å². The van der Waals surface area contributed by atoms with E-state index < -0.39 is 0 Å². The van der Waals surface area contributed by atoms with Crippen molar-refractivity contribution in [3.63, 3.8) is 0 Å². The van der Waals surface area contributed by atoms with Gasteiger partial charge >= 0.3 is 0 Å². The Balaban J connectivity index is 1.92. The zero-order chi connectivity index (χ0) is 11.9. The summed E-state index contributed by atoms with van der Waals surface area (Å²) in [5.41, 5.74) is 2.43. The molecule has 1 saturated heterocycles. The van der Waals surface area contributed by atoms with Gasteiger partial charge in [0.1, 0.15) is 0 Å². The van der Waals surface area contributed by atoms with Gasteiger partial charge in [0.05, 0.1) is 0 Å². The summed E-state index contributed by atoms with van der Waals surface area (Å²) in [6.45, 7) is 2.21. The van der Waals surface area contributed by atoms with Gasteiger partial charge < -0.3 is 16.0 Å². The lowest BCUT2D eigenvalue weighted by Gasteiger charge is -2.23. The van der Waals surface area contributed by atoms with Gasteiger partial charge in [-0.25, -0.2) is 0 Å². The van der Waals surface area contributed by atoms with Crippen LogP contribution in [0.25, 0.3) is 0 Å². The fourth-order valence-corrected chi connectivity index (χ4v) is 2.52. The Morgan fingerprint density at radius 1 is 1.35 bits per heavy atom. The van der Waals surface area contributed by atoms with E-state index in [0.29, 0.717) is 6.04 Å². The van der Waals surface area contributed by atoms with Crippen molar-refractivity contribution in [3.8, 4) is 0 Å². The molecule has 2 rings (SSSR count). The van der Waals surface area contributed by atoms with Crippen LogP contribution in [0.15, 0.2) is 23.4 Å². The van der Waals surface area contributed by atoms with Crippen molar-refractivity contribution < 1.29 is 0 Å². The average Bonchev–Trinajstić information content (AvgIpc) is 2.42. The quantitative estimate of drug-likeness (QED) is 0.653. The summed E-state index contributed by atoms with van der Waals surface area (Å²) in [6.07, 6.45) is 13.1. The summed E-state index contributed by atoms with van der Waals surface area (Å²) in [7, 11) is 0. The molecule has 17 heavy (non-hydrogen) atoms. The summed E-state index contributed by atoms with van der Waals surface area (Å²) >= 11 is 0. The van der Waals surface area contributed by atoms with Gasteiger partial charge in [-0.05, 0) is 57.2 Å². The second-order valence-corrected chi connectivity index (χ2v) is 4.91. The molecule has 0 amide bonds. The SMILES string of the molecule is N=C/C(=C\NC1CCNCC1)C1=CCCCC1. The molecule has 0 aromatic heterocycles.